The lowest BCUT2D eigenvalue weighted by Crippen LogP contribution is -2.05. The Morgan fingerprint density at radius 2 is 2.12 bits per heavy atom. The topological polar surface area (TPSA) is 78.4 Å². The van der Waals surface area contributed by atoms with Gasteiger partial charge in [0.1, 0.15) is 11.6 Å². The molecule has 90 valence electrons. The molecule has 1 aromatic heterocycles. The molecule has 5 nitrogen and oxygen atoms in total. The van der Waals surface area contributed by atoms with Crippen molar-refractivity contribution in [3.63, 3.8) is 0 Å². The van der Waals surface area contributed by atoms with Crippen molar-refractivity contribution in [1.29, 1.82) is 0 Å². The largest absolute Gasteiger partial charge is 0.432 e. The normalized spacial score (nSPS) is 11.8. The van der Waals surface area contributed by atoms with Crippen LogP contribution in [0.5, 0.6) is 0 Å². The molecule has 0 aliphatic heterocycles. The summed E-state index contributed by atoms with van der Waals surface area (Å²) in [4.78, 5) is 11.9. The highest BCUT2D eigenvalue weighted by Gasteiger charge is 2.43. The Balaban J connectivity index is 3.37. The number of thiophene rings is 1. The molecule has 0 aliphatic carbocycles. The highest BCUT2D eigenvalue weighted by molar-refractivity contribution is 7.13. The molecule has 0 radical (unpaired) electrons. The molecular formula is C6H4ClF3N2O3S. The molecule has 1 aromatic rings. The molecule has 0 spiro atoms. The van der Waals surface area contributed by atoms with E-state index in [9.17, 15) is 23.3 Å². The zero-order valence-electron chi connectivity index (χ0n) is 7.38. The van der Waals surface area contributed by atoms with Crippen molar-refractivity contribution in [3.05, 3.63) is 24.9 Å². The molecule has 0 aliphatic rings. The summed E-state index contributed by atoms with van der Waals surface area (Å²) in [6, 6.07) is 0. The van der Waals surface area contributed by atoms with Gasteiger partial charge >= 0.3 is 11.9 Å². The van der Waals surface area contributed by atoms with Gasteiger partial charge in [0.25, 0.3) is 0 Å². The van der Waals surface area contributed by atoms with E-state index in [4.69, 9.17) is 11.6 Å². The molecule has 0 fully saturated rings. The lowest BCUT2D eigenvalue weighted by molar-refractivity contribution is -0.387. The number of rotatable bonds is 3. The minimum Gasteiger partial charge on any atom is -0.299 e. The molecule has 1 rings (SSSR count). The molecule has 0 unspecified atom stereocenters. The minimum atomic E-state index is -4.83. The van der Waals surface area contributed by atoms with Crippen molar-refractivity contribution in [2.75, 3.05) is 0 Å². The molecule has 16 heavy (non-hydrogen) atoms. The summed E-state index contributed by atoms with van der Waals surface area (Å²) >= 11 is 5.58. The summed E-state index contributed by atoms with van der Waals surface area (Å²) in [5.41, 5.74) is -1.16. The Bertz CT molecular complexity index is 420. The Morgan fingerprint density at radius 3 is 2.44 bits per heavy atom. The Kier molecular flexibility index (Phi) is 3.73. The lowest BCUT2D eigenvalue weighted by Gasteiger charge is -2.01. The third-order valence-corrected chi connectivity index (χ3v) is 3.26. The van der Waals surface area contributed by atoms with Crippen LogP contribution in [0.25, 0.3) is 0 Å². The number of halogens is 4. The van der Waals surface area contributed by atoms with Crippen molar-refractivity contribution in [3.8, 4) is 0 Å². The number of nitrogens with zero attached hydrogens (tertiary/aromatic N) is 1. The maximum atomic E-state index is 12.4. The first-order chi connectivity index (χ1) is 7.29. The van der Waals surface area contributed by atoms with Crippen LogP contribution in [0, 0.1) is 10.1 Å². The fraction of sp³-hybridized carbons (Fsp3) is 0.333. The monoisotopic (exact) mass is 276 g/mol. The van der Waals surface area contributed by atoms with E-state index in [1.54, 1.807) is 0 Å². The van der Waals surface area contributed by atoms with E-state index in [0.717, 1.165) is 0 Å². The third-order valence-electron chi connectivity index (χ3n) is 1.55. The Labute approximate surface area is 95.7 Å². The summed E-state index contributed by atoms with van der Waals surface area (Å²) in [7, 11) is 0. The number of nitrogens with two attached hydrogens (primary N) is 1. The predicted octanol–water partition coefficient (Wildman–Crippen LogP) is 2.72. The minimum absolute atomic E-state index is 0.136. The van der Waals surface area contributed by atoms with Gasteiger partial charge in [-0.05, 0) is 0 Å². The van der Waals surface area contributed by atoms with E-state index in [2.05, 4.69) is 10.7 Å². The molecule has 0 saturated heterocycles. The van der Waals surface area contributed by atoms with Crippen molar-refractivity contribution in [2.24, 2.45) is 5.90 Å². The van der Waals surface area contributed by atoms with Gasteiger partial charge in [-0.15, -0.1) is 11.3 Å². The summed E-state index contributed by atoms with van der Waals surface area (Å²) in [5, 5.41) is 9.87. The van der Waals surface area contributed by atoms with Crippen molar-refractivity contribution < 1.29 is 22.9 Å². The zero-order chi connectivity index (χ0) is 12.5. The highest BCUT2D eigenvalue weighted by Crippen LogP contribution is 2.47. The van der Waals surface area contributed by atoms with Gasteiger partial charge in [0.15, 0.2) is 4.88 Å². The van der Waals surface area contributed by atoms with Gasteiger partial charge in [-0.2, -0.15) is 13.2 Å². The summed E-state index contributed by atoms with van der Waals surface area (Å²) in [6.07, 6.45) is -4.83. The van der Waals surface area contributed by atoms with E-state index in [0.29, 0.717) is 0 Å². The Hall–Kier alpha value is -0.900. The maximum Gasteiger partial charge on any atom is 0.432 e. The van der Waals surface area contributed by atoms with Crippen molar-refractivity contribution in [2.45, 2.75) is 12.8 Å². The second-order valence-electron chi connectivity index (χ2n) is 2.58. The second kappa shape index (κ2) is 4.53. The van der Waals surface area contributed by atoms with Crippen LogP contribution in [0.2, 0.25) is 5.02 Å². The van der Waals surface area contributed by atoms with Gasteiger partial charge < -0.3 is 0 Å². The van der Waals surface area contributed by atoms with Crippen LogP contribution in [-0.4, -0.2) is 4.92 Å². The first kappa shape index (κ1) is 13.2. The molecule has 0 bridgehead atoms. The second-order valence-corrected chi connectivity index (χ2v) is 4.07. The summed E-state index contributed by atoms with van der Waals surface area (Å²) in [5.74, 6) is 4.67. The highest BCUT2D eigenvalue weighted by atomic mass is 35.5. The fourth-order valence-electron chi connectivity index (χ4n) is 0.972. The smallest absolute Gasteiger partial charge is 0.299 e. The van der Waals surface area contributed by atoms with Gasteiger partial charge in [-0.25, -0.2) is 5.90 Å². The third kappa shape index (κ3) is 2.43. The molecule has 0 saturated carbocycles. The quantitative estimate of drug-likeness (QED) is 0.680. The molecular weight excluding hydrogens is 273 g/mol. The van der Waals surface area contributed by atoms with Gasteiger partial charge in [0, 0.05) is 0 Å². The van der Waals surface area contributed by atoms with E-state index >= 15 is 0 Å². The average molecular weight is 277 g/mol. The summed E-state index contributed by atoms with van der Waals surface area (Å²) in [6.45, 7) is -0.416. The number of nitro groups is 1. The van der Waals surface area contributed by atoms with E-state index < -0.39 is 33.3 Å². The lowest BCUT2D eigenvalue weighted by atomic mass is 10.3. The number of hydrogen-bond donors (Lipinski definition) is 1. The van der Waals surface area contributed by atoms with Crippen LogP contribution in [0.3, 0.4) is 0 Å². The van der Waals surface area contributed by atoms with E-state index in [-0.39, 0.29) is 16.2 Å². The molecule has 0 aromatic carbocycles. The molecule has 10 heteroatoms. The van der Waals surface area contributed by atoms with Crippen molar-refractivity contribution in [1.82, 2.24) is 0 Å². The van der Waals surface area contributed by atoms with Crippen LogP contribution in [0.1, 0.15) is 9.75 Å². The maximum absolute atomic E-state index is 12.4. The standard InChI is InChI=1S/C6H4ClF3N2O3S/c7-3-2(1-15-11)16-5(6(8,9)10)4(3)12(13)14/h1,11H2. The van der Waals surface area contributed by atoms with Crippen LogP contribution in [0.15, 0.2) is 0 Å². The first-order valence-electron chi connectivity index (χ1n) is 3.63. The van der Waals surface area contributed by atoms with Gasteiger partial charge in [0.05, 0.1) is 9.80 Å². The Morgan fingerprint density at radius 1 is 1.56 bits per heavy atom. The van der Waals surface area contributed by atoms with Crippen LogP contribution in [0.4, 0.5) is 18.9 Å². The van der Waals surface area contributed by atoms with E-state index in [1.807, 2.05) is 0 Å². The van der Waals surface area contributed by atoms with Crippen molar-refractivity contribution >= 4 is 28.6 Å². The molecule has 0 atom stereocenters. The fourth-order valence-corrected chi connectivity index (χ4v) is 2.31. The molecule has 0 amide bonds. The van der Waals surface area contributed by atoms with Gasteiger partial charge in [-0.3, -0.25) is 15.0 Å². The first-order valence-corrected chi connectivity index (χ1v) is 4.83. The summed E-state index contributed by atoms with van der Waals surface area (Å²) < 4.78 is 37.3. The number of alkyl halides is 3. The number of hydrogen-bond acceptors (Lipinski definition) is 5. The van der Waals surface area contributed by atoms with Crippen LogP contribution >= 0.6 is 22.9 Å². The van der Waals surface area contributed by atoms with E-state index in [1.165, 1.54) is 0 Å². The van der Waals surface area contributed by atoms with Crippen LogP contribution in [-0.2, 0) is 17.6 Å². The average Bonchev–Trinajstić information content (AvgIpc) is 2.44. The zero-order valence-corrected chi connectivity index (χ0v) is 8.95. The SMILES string of the molecule is NOCc1sc(C(F)(F)F)c([N+](=O)[O-])c1Cl. The molecule has 2 N–H and O–H groups in total. The van der Waals surface area contributed by atoms with Gasteiger partial charge in [0.2, 0.25) is 0 Å². The molecule has 1 heterocycles. The van der Waals surface area contributed by atoms with Crippen LogP contribution < -0.4 is 5.90 Å². The predicted molar refractivity (Wildman–Crippen MR) is 50.0 cm³/mol. The van der Waals surface area contributed by atoms with Gasteiger partial charge in [-0.1, -0.05) is 11.6 Å².